The molecule has 2 aromatic carbocycles. The number of anilines is 1. The molecule has 0 radical (unpaired) electrons. The van der Waals surface area contributed by atoms with Crippen LogP contribution in [-0.2, 0) is 0 Å². The predicted molar refractivity (Wildman–Crippen MR) is 121 cm³/mol. The summed E-state index contributed by atoms with van der Waals surface area (Å²) in [6, 6.07) is 12.8. The maximum Gasteiger partial charge on any atom is 0.281 e. The van der Waals surface area contributed by atoms with Gasteiger partial charge in [-0.2, -0.15) is 0 Å². The van der Waals surface area contributed by atoms with Crippen LogP contribution in [0.15, 0.2) is 42.5 Å². The van der Waals surface area contributed by atoms with E-state index in [9.17, 15) is 9.59 Å². The molecule has 2 heterocycles. The molecule has 4 rings (SSSR count). The van der Waals surface area contributed by atoms with Gasteiger partial charge in [-0.1, -0.05) is 11.6 Å². The Labute approximate surface area is 183 Å². The summed E-state index contributed by atoms with van der Waals surface area (Å²) in [5, 5.41) is 1.13. The molecule has 30 heavy (non-hydrogen) atoms. The molecule has 0 atom stereocenters. The standard InChI is InChI=1S/C22H22ClN3O3S/c1-29-16-9-10-17-18(13-16)30-20(19(17)23)22(28)25-24-21(27)14-5-7-15(8-6-14)26-11-3-2-4-12-26/h5-10,13H,2-4,11-12H2,1H3,(H,24,27)(H,25,28). The minimum absolute atomic E-state index is 0.334. The fraction of sp³-hybridized carbons (Fsp3) is 0.273. The Morgan fingerprint density at radius 2 is 1.70 bits per heavy atom. The van der Waals surface area contributed by atoms with Crippen molar-refractivity contribution in [2.75, 3.05) is 25.1 Å². The molecule has 0 aliphatic carbocycles. The number of thiophene rings is 1. The fourth-order valence-electron chi connectivity index (χ4n) is 3.54. The van der Waals surface area contributed by atoms with E-state index in [0.29, 0.717) is 21.2 Å². The van der Waals surface area contributed by atoms with Crippen molar-refractivity contribution < 1.29 is 14.3 Å². The molecule has 1 fully saturated rings. The number of nitrogens with one attached hydrogen (secondary N) is 2. The van der Waals surface area contributed by atoms with Crippen molar-refractivity contribution in [1.82, 2.24) is 10.9 Å². The van der Waals surface area contributed by atoms with Crippen LogP contribution in [0.1, 0.15) is 39.3 Å². The molecule has 2 N–H and O–H groups in total. The van der Waals surface area contributed by atoms with Crippen molar-refractivity contribution in [3.8, 4) is 5.75 Å². The van der Waals surface area contributed by atoms with Gasteiger partial charge in [-0.15, -0.1) is 11.3 Å². The van der Waals surface area contributed by atoms with Gasteiger partial charge in [0.2, 0.25) is 0 Å². The first-order valence-electron chi connectivity index (χ1n) is 9.78. The summed E-state index contributed by atoms with van der Waals surface area (Å²) in [5.74, 6) is -0.153. The summed E-state index contributed by atoms with van der Waals surface area (Å²) >= 11 is 7.61. The van der Waals surface area contributed by atoms with Crippen molar-refractivity contribution in [3.63, 3.8) is 0 Å². The minimum atomic E-state index is -0.460. The Kier molecular flexibility index (Phi) is 6.11. The van der Waals surface area contributed by atoms with E-state index >= 15 is 0 Å². The number of amides is 2. The van der Waals surface area contributed by atoms with Crippen LogP contribution < -0.4 is 20.5 Å². The number of hydrogen-bond donors (Lipinski definition) is 2. The number of methoxy groups -OCH3 is 1. The third-order valence-electron chi connectivity index (χ3n) is 5.18. The van der Waals surface area contributed by atoms with Gasteiger partial charge in [0.25, 0.3) is 11.8 Å². The van der Waals surface area contributed by atoms with Gasteiger partial charge in [-0.25, -0.2) is 0 Å². The largest absolute Gasteiger partial charge is 0.497 e. The molecule has 0 unspecified atom stereocenters. The van der Waals surface area contributed by atoms with Crippen LogP contribution >= 0.6 is 22.9 Å². The highest BCUT2D eigenvalue weighted by molar-refractivity contribution is 7.21. The van der Waals surface area contributed by atoms with Crippen LogP contribution in [0.3, 0.4) is 0 Å². The van der Waals surface area contributed by atoms with Gasteiger partial charge in [-0.3, -0.25) is 20.4 Å². The molecule has 8 heteroatoms. The smallest absolute Gasteiger partial charge is 0.281 e. The molecule has 1 aliphatic heterocycles. The summed E-state index contributed by atoms with van der Waals surface area (Å²) in [6.07, 6.45) is 3.66. The lowest BCUT2D eigenvalue weighted by molar-refractivity contribution is 0.0849. The van der Waals surface area contributed by atoms with E-state index < -0.39 is 5.91 Å². The van der Waals surface area contributed by atoms with E-state index in [1.807, 2.05) is 24.3 Å². The summed E-state index contributed by atoms with van der Waals surface area (Å²) in [4.78, 5) is 27.6. The number of carbonyl (C=O) groups is 2. The molecule has 1 aromatic heterocycles. The lowest BCUT2D eigenvalue weighted by Crippen LogP contribution is -2.41. The van der Waals surface area contributed by atoms with E-state index in [0.717, 1.165) is 28.9 Å². The molecule has 1 aliphatic rings. The fourth-order valence-corrected chi connectivity index (χ4v) is 4.98. The predicted octanol–water partition coefficient (Wildman–Crippen LogP) is 4.63. The number of fused-ring (bicyclic) bond motifs is 1. The zero-order valence-corrected chi connectivity index (χ0v) is 18.1. The van der Waals surface area contributed by atoms with Crippen molar-refractivity contribution in [3.05, 3.63) is 57.9 Å². The number of carbonyl (C=O) groups excluding carboxylic acids is 2. The SMILES string of the molecule is COc1ccc2c(Cl)c(C(=O)NNC(=O)c3ccc(N4CCCCC4)cc3)sc2c1. The molecule has 156 valence electrons. The number of hydrazine groups is 1. The number of halogens is 1. The molecule has 1 saturated heterocycles. The zero-order chi connectivity index (χ0) is 21.1. The van der Waals surface area contributed by atoms with Crippen molar-refractivity contribution in [2.45, 2.75) is 19.3 Å². The molecule has 0 bridgehead atoms. The minimum Gasteiger partial charge on any atom is -0.497 e. The first-order chi connectivity index (χ1) is 14.6. The highest BCUT2D eigenvalue weighted by Gasteiger charge is 2.18. The van der Waals surface area contributed by atoms with Crippen molar-refractivity contribution in [2.24, 2.45) is 0 Å². The molecular formula is C22H22ClN3O3S. The monoisotopic (exact) mass is 443 g/mol. The normalized spacial score (nSPS) is 13.9. The van der Waals surface area contributed by atoms with Gasteiger partial charge in [0.1, 0.15) is 10.6 Å². The Balaban J connectivity index is 1.40. The van der Waals surface area contributed by atoms with Gasteiger partial charge in [0, 0.05) is 34.4 Å². The average Bonchev–Trinajstić information content (AvgIpc) is 3.13. The van der Waals surface area contributed by atoms with Gasteiger partial charge >= 0.3 is 0 Å². The van der Waals surface area contributed by atoms with Crippen LogP contribution in [-0.4, -0.2) is 32.0 Å². The number of ether oxygens (including phenoxy) is 1. The van der Waals surface area contributed by atoms with Crippen LogP contribution in [0.4, 0.5) is 5.69 Å². The molecular weight excluding hydrogens is 422 g/mol. The van der Waals surface area contributed by atoms with Crippen LogP contribution in [0, 0.1) is 0 Å². The molecule has 3 aromatic rings. The number of nitrogens with zero attached hydrogens (tertiary/aromatic N) is 1. The van der Waals surface area contributed by atoms with Crippen molar-refractivity contribution in [1.29, 1.82) is 0 Å². The first kappa shape index (κ1) is 20.5. The molecule has 0 saturated carbocycles. The zero-order valence-electron chi connectivity index (χ0n) is 16.5. The second kappa shape index (κ2) is 8.93. The van der Waals surface area contributed by atoms with Gasteiger partial charge in [0.15, 0.2) is 0 Å². The Morgan fingerprint density at radius 1 is 1.00 bits per heavy atom. The van der Waals surface area contributed by atoms with Crippen LogP contribution in [0.5, 0.6) is 5.75 Å². The number of benzene rings is 2. The number of hydrogen-bond acceptors (Lipinski definition) is 5. The number of piperidine rings is 1. The molecule has 2 amide bonds. The summed E-state index contributed by atoms with van der Waals surface area (Å²) in [6.45, 7) is 2.09. The lowest BCUT2D eigenvalue weighted by Gasteiger charge is -2.28. The summed E-state index contributed by atoms with van der Waals surface area (Å²) < 4.78 is 6.05. The van der Waals surface area contributed by atoms with Gasteiger partial charge < -0.3 is 9.64 Å². The Bertz CT molecular complexity index is 1080. The second-order valence-electron chi connectivity index (χ2n) is 7.11. The quantitative estimate of drug-likeness (QED) is 0.577. The third kappa shape index (κ3) is 4.22. The maximum atomic E-state index is 12.5. The molecule has 0 spiro atoms. The first-order valence-corrected chi connectivity index (χ1v) is 11.0. The Morgan fingerprint density at radius 3 is 2.40 bits per heavy atom. The van der Waals surface area contributed by atoms with E-state index in [1.165, 1.54) is 30.6 Å². The van der Waals surface area contributed by atoms with Crippen LogP contribution in [0.25, 0.3) is 10.1 Å². The summed E-state index contributed by atoms with van der Waals surface area (Å²) in [5.41, 5.74) is 6.50. The highest BCUT2D eigenvalue weighted by Crippen LogP contribution is 2.37. The second-order valence-corrected chi connectivity index (χ2v) is 8.54. The Hall–Kier alpha value is -2.77. The number of rotatable bonds is 4. The third-order valence-corrected chi connectivity index (χ3v) is 6.84. The van der Waals surface area contributed by atoms with Gasteiger partial charge in [-0.05, 0) is 61.7 Å². The van der Waals surface area contributed by atoms with Crippen molar-refractivity contribution >= 4 is 50.5 Å². The molecule has 6 nitrogen and oxygen atoms in total. The topological polar surface area (TPSA) is 70.7 Å². The van der Waals surface area contributed by atoms with E-state index in [4.69, 9.17) is 16.3 Å². The van der Waals surface area contributed by atoms with E-state index in [2.05, 4.69) is 15.8 Å². The van der Waals surface area contributed by atoms with E-state index in [-0.39, 0.29) is 5.91 Å². The maximum absolute atomic E-state index is 12.5. The lowest BCUT2D eigenvalue weighted by atomic mass is 10.1. The highest BCUT2D eigenvalue weighted by atomic mass is 35.5. The average molecular weight is 444 g/mol. The van der Waals surface area contributed by atoms with E-state index in [1.54, 1.807) is 25.3 Å². The van der Waals surface area contributed by atoms with Gasteiger partial charge in [0.05, 0.1) is 12.1 Å². The van der Waals surface area contributed by atoms with Crippen LogP contribution in [0.2, 0.25) is 5.02 Å². The summed E-state index contributed by atoms with van der Waals surface area (Å²) in [7, 11) is 1.58.